The molecule has 0 saturated carbocycles. The van der Waals surface area contributed by atoms with Crippen LogP contribution in [0.4, 0.5) is 0 Å². The van der Waals surface area contributed by atoms with Crippen LogP contribution in [0.15, 0.2) is 24.5 Å². The van der Waals surface area contributed by atoms with Crippen LogP contribution in [-0.2, 0) is 4.79 Å². The Bertz CT molecular complexity index is 531. The van der Waals surface area contributed by atoms with Crippen LogP contribution in [0.2, 0.25) is 0 Å². The van der Waals surface area contributed by atoms with Gasteiger partial charge in [0.2, 0.25) is 5.91 Å². The fraction of sp³-hybridized carbons (Fsp3) is 0.625. The van der Waals surface area contributed by atoms with E-state index in [1.807, 2.05) is 24.5 Å². The van der Waals surface area contributed by atoms with Gasteiger partial charge in [-0.3, -0.25) is 20.0 Å². The Kier molecular flexibility index (Phi) is 3.82. The third-order valence-corrected chi connectivity index (χ3v) is 5.17. The number of rotatable bonds is 2. The van der Waals surface area contributed by atoms with Crippen LogP contribution in [-0.4, -0.2) is 47.9 Å². The highest BCUT2D eigenvalue weighted by atomic mass is 16.2. The number of likely N-dealkylation sites (tertiary alicyclic amines) is 1. The predicted octanol–water partition coefficient (Wildman–Crippen LogP) is 0.200. The second-order valence-corrected chi connectivity index (χ2v) is 6.45. The number of fused-ring (bicyclic) bond motifs is 1. The van der Waals surface area contributed by atoms with Crippen molar-refractivity contribution in [1.29, 1.82) is 0 Å². The summed E-state index contributed by atoms with van der Waals surface area (Å²) in [6.07, 6.45) is 7.06. The maximum Gasteiger partial charge on any atom is 0.228 e. The molecule has 4 rings (SSSR count). The number of carbonyl (C=O) groups is 1. The van der Waals surface area contributed by atoms with E-state index in [2.05, 4.69) is 25.8 Å². The third-order valence-electron chi connectivity index (χ3n) is 5.17. The van der Waals surface area contributed by atoms with Crippen LogP contribution in [0.5, 0.6) is 0 Å². The molecule has 0 aliphatic carbocycles. The van der Waals surface area contributed by atoms with Gasteiger partial charge in [0.1, 0.15) is 6.29 Å². The van der Waals surface area contributed by atoms with Gasteiger partial charge in [0.05, 0.1) is 12.1 Å². The second kappa shape index (κ2) is 5.95. The number of hydrogen-bond acceptors (Lipinski definition) is 5. The lowest BCUT2D eigenvalue weighted by molar-refractivity contribution is -0.135. The predicted molar refractivity (Wildman–Crippen MR) is 82.7 cm³/mol. The molecule has 4 heterocycles. The number of nitrogens with zero attached hydrogens (tertiary/aromatic N) is 2. The van der Waals surface area contributed by atoms with Crippen molar-refractivity contribution in [2.24, 2.45) is 5.92 Å². The zero-order chi connectivity index (χ0) is 14.9. The molecule has 3 N–H and O–H groups in total. The van der Waals surface area contributed by atoms with Crippen molar-refractivity contribution >= 4 is 5.91 Å². The van der Waals surface area contributed by atoms with E-state index in [-0.39, 0.29) is 30.2 Å². The van der Waals surface area contributed by atoms with Crippen LogP contribution in [0.25, 0.3) is 0 Å². The molecule has 3 aliphatic rings. The largest absolute Gasteiger partial charge is 0.328 e. The molecule has 3 saturated heterocycles. The number of hydrogen-bond donors (Lipinski definition) is 3. The highest BCUT2D eigenvalue weighted by Gasteiger charge is 2.44. The van der Waals surface area contributed by atoms with Gasteiger partial charge in [-0.2, -0.15) is 0 Å². The molecule has 0 radical (unpaired) electrons. The summed E-state index contributed by atoms with van der Waals surface area (Å²) in [5.41, 5.74) is 1.21. The quantitative estimate of drug-likeness (QED) is 0.728. The first kappa shape index (κ1) is 14.1. The fourth-order valence-electron chi connectivity index (χ4n) is 4.05. The summed E-state index contributed by atoms with van der Waals surface area (Å²) in [7, 11) is 0. The average Bonchev–Trinajstić information content (AvgIpc) is 3.09. The van der Waals surface area contributed by atoms with Gasteiger partial charge >= 0.3 is 0 Å². The zero-order valence-electron chi connectivity index (χ0n) is 12.7. The van der Waals surface area contributed by atoms with Crippen LogP contribution in [0.3, 0.4) is 0 Å². The van der Waals surface area contributed by atoms with Gasteiger partial charge in [0.25, 0.3) is 0 Å². The zero-order valence-corrected chi connectivity index (χ0v) is 12.7. The molecule has 0 spiro atoms. The first-order chi connectivity index (χ1) is 10.8. The average molecular weight is 301 g/mol. The van der Waals surface area contributed by atoms with E-state index < -0.39 is 0 Å². The van der Waals surface area contributed by atoms with Crippen LogP contribution < -0.4 is 16.0 Å². The molecule has 3 fully saturated rings. The summed E-state index contributed by atoms with van der Waals surface area (Å²) < 4.78 is 0. The highest BCUT2D eigenvalue weighted by Crippen LogP contribution is 2.34. The minimum Gasteiger partial charge on any atom is -0.328 e. The van der Waals surface area contributed by atoms with Crippen LogP contribution >= 0.6 is 0 Å². The number of carbonyl (C=O) groups excluding carboxylic acids is 1. The number of nitrogens with one attached hydrogen (secondary N) is 3. The minimum absolute atomic E-state index is 0.0278. The fourth-order valence-corrected chi connectivity index (χ4v) is 4.05. The van der Waals surface area contributed by atoms with Crippen molar-refractivity contribution in [1.82, 2.24) is 25.8 Å². The number of aromatic nitrogens is 1. The van der Waals surface area contributed by atoms with Gasteiger partial charge in [-0.05, 0) is 49.4 Å². The van der Waals surface area contributed by atoms with Crippen molar-refractivity contribution < 1.29 is 4.79 Å². The Morgan fingerprint density at radius 3 is 2.73 bits per heavy atom. The van der Waals surface area contributed by atoms with Gasteiger partial charge in [-0.1, -0.05) is 0 Å². The summed E-state index contributed by atoms with van der Waals surface area (Å²) >= 11 is 0. The summed E-state index contributed by atoms with van der Waals surface area (Å²) in [6, 6.07) is 4.07. The molecule has 118 valence electrons. The van der Waals surface area contributed by atoms with E-state index >= 15 is 0 Å². The molecule has 4 unspecified atom stereocenters. The summed E-state index contributed by atoms with van der Waals surface area (Å²) in [6.45, 7) is 3.05. The van der Waals surface area contributed by atoms with E-state index in [0.29, 0.717) is 0 Å². The van der Waals surface area contributed by atoms with Crippen molar-refractivity contribution in [3.8, 4) is 0 Å². The monoisotopic (exact) mass is 301 g/mol. The van der Waals surface area contributed by atoms with Crippen molar-refractivity contribution in [3.63, 3.8) is 0 Å². The second-order valence-electron chi connectivity index (χ2n) is 6.45. The lowest BCUT2D eigenvalue weighted by Crippen LogP contribution is -2.72. The first-order valence-electron chi connectivity index (χ1n) is 8.27. The molecular formula is C16H23N5O. The maximum absolute atomic E-state index is 12.7. The third kappa shape index (κ3) is 2.51. The Morgan fingerprint density at radius 2 is 1.95 bits per heavy atom. The van der Waals surface area contributed by atoms with E-state index in [4.69, 9.17) is 0 Å². The van der Waals surface area contributed by atoms with Crippen molar-refractivity contribution in [2.75, 3.05) is 19.6 Å². The van der Waals surface area contributed by atoms with E-state index in [0.717, 1.165) is 26.1 Å². The molecule has 1 amide bonds. The molecule has 1 aromatic heterocycles. The van der Waals surface area contributed by atoms with E-state index in [1.165, 1.54) is 18.4 Å². The smallest absolute Gasteiger partial charge is 0.228 e. The first-order valence-corrected chi connectivity index (χ1v) is 8.27. The van der Waals surface area contributed by atoms with Gasteiger partial charge in [0.15, 0.2) is 0 Å². The van der Waals surface area contributed by atoms with E-state index in [1.54, 1.807) is 0 Å². The van der Waals surface area contributed by atoms with Crippen LogP contribution in [0, 0.1) is 5.92 Å². The normalized spacial score (nSPS) is 35.9. The summed E-state index contributed by atoms with van der Waals surface area (Å²) in [4.78, 5) is 19.2. The molecule has 0 aromatic carbocycles. The SMILES string of the molecule is O=C1NC(N2CCCC2)NC2NCCC(c3ccncc3)C12. The van der Waals surface area contributed by atoms with Gasteiger partial charge < -0.3 is 10.6 Å². The molecule has 6 heteroatoms. The molecule has 6 nitrogen and oxygen atoms in total. The lowest BCUT2D eigenvalue weighted by Gasteiger charge is -2.46. The van der Waals surface area contributed by atoms with Crippen molar-refractivity contribution in [3.05, 3.63) is 30.1 Å². The lowest BCUT2D eigenvalue weighted by atomic mass is 9.78. The van der Waals surface area contributed by atoms with Crippen LogP contribution in [0.1, 0.15) is 30.7 Å². The minimum atomic E-state index is -0.0602. The highest BCUT2D eigenvalue weighted by molar-refractivity contribution is 5.81. The molecular weight excluding hydrogens is 278 g/mol. The van der Waals surface area contributed by atoms with Crippen molar-refractivity contribution in [2.45, 2.75) is 37.6 Å². The summed E-state index contributed by atoms with van der Waals surface area (Å²) in [5.74, 6) is 0.353. The van der Waals surface area contributed by atoms with Gasteiger partial charge in [-0.25, -0.2) is 0 Å². The molecule has 4 atom stereocenters. The Labute approximate surface area is 130 Å². The van der Waals surface area contributed by atoms with E-state index in [9.17, 15) is 4.79 Å². The molecule has 22 heavy (non-hydrogen) atoms. The number of pyridine rings is 1. The Balaban J connectivity index is 1.54. The number of piperidine rings is 1. The molecule has 1 aromatic rings. The van der Waals surface area contributed by atoms with Gasteiger partial charge in [0, 0.05) is 25.5 Å². The Morgan fingerprint density at radius 1 is 1.18 bits per heavy atom. The molecule has 0 bridgehead atoms. The standard InChI is InChI=1S/C16H23N5O/c22-15-13-12(11-3-6-17-7-4-11)5-8-18-14(13)19-16(20-15)21-9-1-2-10-21/h3-4,6-7,12-14,16,18-19H,1-2,5,8-10H2,(H,20,22). The number of amides is 1. The van der Waals surface area contributed by atoms with Gasteiger partial charge in [-0.15, -0.1) is 0 Å². The summed E-state index contributed by atoms with van der Waals surface area (Å²) in [5, 5.41) is 10.3. The Hall–Kier alpha value is -1.50. The topological polar surface area (TPSA) is 69.3 Å². The molecule has 3 aliphatic heterocycles. The maximum atomic E-state index is 12.7.